The third-order valence-electron chi connectivity index (χ3n) is 2.29. The molecule has 92 valence electrons. The number of anilines is 1. The van der Waals surface area contributed by atoms with Gasteiger partial charge in [-0.25, -0.2) is 4.39 Å². The maximum Gasteiger partial charge on any atom is 0.482 e. The van der Waals surface area contributed by atoms with Crippen molar-refractivity contribution in [1.29, 1.82) is 0 Å². The zero-order valence-corrected chi connectivity index (χ0v) is 8.41. The maximum atomic E-state index is 13.0. The molecule has 1 aliphatic heterocycles. The molecular weight excluding hydrogens is 239 g/mol. The summed E-state index contributed by atoms with van der Waals surface area (Å²) in [5, 5.41) is 11.2. The molecule has 1 aromatic carbocycles. The van der Waals surface area contributed by atoms with Crippen molar-refractivity contribution < 1.29 is 27.8 Å². The van der Waals surface area contributed by atoms with Crippen molar-refractivity contribution in [2.45, 2.75) is 12.2 Å². The summed E-state index contributed by atoms with van der Waals surface area (Å²) in [6.45, 7) is -1.14. The number of rotatable bonds is 2. The normalized spacial score (nSPS) is 18.9. The molecule has 1 unspecified atom stereocenters. The molecule has 0 bridgehead atoms. The summed E-state index contributed by atoms with van der Waals surface area (Å²) in [7, 11) is 0. The Balaban J connectivity index is 2.48. The fourth-order valence-electron chi connectivity index (χ4n) is 1.48. The van der Waals surface area contributed by atoms with Gasteiger partial charge in [0.2, 0.25) is 0 Å². The van der Waals surface area contributed by atoms with E-state index in [1.807, 2.05) is 5.32 Å². The van der Waals surface area contributed by atoms with Gasteiger partial charge in [-0.15, -0.1) is 0 Å². The summed E-state index contributed by atoms with van der Waals surface area (Å²) in [5.41, 5.74) is -0.157. The molecule has 1 aromatic rings. The van der Waals surface area contributed by atoms with Crippen LogP contribution in [0.4, 0.5) is 18.9 Å². The van der Waals surface area contributed by atoms with Crippen LogP contribution in [-0.2, 0) is 4.79 Å². The van der Waals surface area contributed by atoms with E-state index in [0.29, 0.717) is 0 Å². The van der Waals surface area contributed by atoms with Gasteiger partial charge in [-0.2, -0.15) is 8.78 Å². The van der Waals surface area contributed by atoms with Gasteiger partial charge in [0.15, 0.2) is 5.75 Å². The number of carbonyl (C=O) groups excluding carboxylic acids is 1. The summed E-state index contributed by atoms with van der Waals surface area (Å²) in [6.07, 6.45) is -5.60. The lowest BCUT2D eigenvalue weighted by molar-refractivity contribution is -0.189. The Labute approximate surface area is 94.0 Å². The number of carbonyl (C=O) groups is 1. The molecule has 0 fully saturated rings. The summed E-state index contributed by atoms with van der Waals surface area (Å²) in [4.78, 5) is 10.9. The van der Waals surface area contributed by atoms with Crippen LogP contribution in [-0.4, -0.2) is 23.8 Å². The van der Waals surface area contributed by atoms with Crippen LogP contribution in [0.15, 0.2) is 18.2 Å². The monoisotopic (exact) mass is 247 g/mol. The third-order valence-corrected chi connectivity index (χ3v) is 2.29. The fraction of sp³-hybridized carbons (Fsp3) is 0.300. The highest BCUT2D eigenvalue weighted by atomic mass is 19.3. The number of benzene rings is 1. The molecule has 7 heteroatoms. The van der Waals surface area contributed by atoms with Gasteiger partial charge in [0.1, 0.15) is 12.8 Å². The van der Waals surface area contributed by atoms with E-state index in [-0.39, 0.29) is 11.3 Å². The first-order chi connectivity index (χ1) is 7.95. The number of amides is 1. The number of hydrogen-bond acceptors (Lipinski definition) is 3. The van der Waals surface area contributed by atoms with Crippen molar-refractivity contribution in [2.24, 2.45) is 0 Å². The van der Waals surface area contributed by atoms with Crippen molar-refractivity contribution in [1.82, 2.24) is 0 Å². The summed E-state index contributed by atoms with van der Waals surface area (Å²) >= 11 is 0. The van der Waals surface area contributed by atoms with E-state index in [0.717, 1.165) is 0 Å². The Hall–Kier alpha value is -1.76. The van der Waals surface area contributed by atoms with Crippen molar-refractivity contribution >= 4 is 11.6 Å². The van der Waals surface area contributed by atoms with Crippen LogP contribution >= 0.6 is 0 Å². The molecule has 17 heavy (non-hydrogen) atoms. The van der Waals surface area contributed by atoms with Gasteiger partial charge < -0.3 is 15.2 Å². The highest BCUT2D eigenvalue weighted by molar-refractivity contribution is 5.98. The molecule has 2 N–H and O–H groups in total. The van der Waals surface area contributed by atoms with Crippen LogP contribution in [0.1, 0.15) is 11.7 Å². The average Bonchev–Trinajstić information content (AvgIpc) is 2.28. The van der Waals surface area contributed by atoms with Gasteiger partial charge in [-0.1, -0.05) is 12.1 Å². The number of ether oxygens (including phenoxy) is 1. The Morgan fingerprint density at radius 1 is 1.47 bits per heavy atom. The molecule has 2 rings (SSSR count). The second-order valence-corrected chi connectivity index (χ2v) is 3.47. The molecule has 0 saturated heterocycles. The topological polar surface area (TPSA) is 58.6 Å². The Kier molecular flexibility index (Phi) is 2.70. The molecule has 0 spiro atoms. The SMILES string of the molecule is O=C1Nc2cccc(C(O)CF)c2OC1(F)F. The van der Waals surface area contributed by atoms with E-state index in [9.17, 15) is 23.1 Å². The molecule has 0 aliphatic carbocycles. The van der Waals surface area contributed by atoms with Crippen molar-refractivity contribution in [3.63, 3.8) is 0 Å². The first kappa shape index (κ1) is 11.7. The molecule has 1 atom stereocenters. The minimum absolute atomic E-state index is 0.0223. The van der Waals surface area contributed by atoms with Gasteiger partial charge in [0, 0.05) is 5.56 Å². The molecule has 0 radical (unpaired) electrons. The second kappa shape index (κ2) is 3.92. The first-order valence-electron chi connectivity index (χ1n) is 4.71. The van der Waals surface area contributed by atoms with E-state index in [1.165, 1.54) is 18.2 Å². The number of para-hydroxylation sites is 1. The maximum absolute atomic E-state index is 13.0. The molecule has 1 aliphatic rings. The lowest BCUT2D eigenvalue weighted by Crippen LogP contribution is -2.43. The van der Waals surface area contributed by atoms with Crippen molar-refractivity contribution in [2.75, 3.05) is 12.0 Å². The van der Waals surface area contributed by atoms with E-state index in [1.54, 1.807) is 0 Å². The van der Waals surface area contributed by atoms with Gasteiger partial charge in [0.25, 0.3) is 0 Å². The smallest absolute Gasteiger partial charge is 0.423 e. The lowest BCUT2D eigenvalue weighted by Gasteiger charge is -2.27. The average molecular weight is 247 g/mol. The molecule has 1 heterocycles. The number of nitrogens with one attached hydrogen (secondary N) is 1. The highest BCUT2D eigenvalue weighted by Gasteiger charge is 2.47. The summed E-state index contributed by atoms with van der Waals surface area (Å²) < 4.78 is 42.6. The van der Waals surface area contributed by atoms with Crippen LogP contribution in [0, 0.1) is 0 Å². The van der Waals surface area contributed by atoms with Gasteiger partial charge in [-0.05, 0) is 6.07 Å². The van der Waals surface area contributed by atoms with Crippen LogP contribution < -0.4 is 10.1 Å². The third kappa shape index (κ3) is 1.93. The minimum atomic E-state index is -4.03. The number of halogens is 3. The summed E-state index contributed by atoms with van der Waals surface area (Å²) in [6, 6.07) is 3.95. The predicted molar refractivity (Wildman–Crippen MR) is 51.6 cm³/mol. The van der Waals surface area contributed by atoms with Gasteiger partial charge in [0.05, 0.1) is 5.69 Å². The minimum Gasteiger partial charge on any atom is -0.423 e. The van der Waals surface area contributed by atoms with Crippen LogP contribution in [0.25, 0.3) is 0 Å². The predicted octanol–water partition coefficient (Wildman–Crippen LogP) is 1.61. The van der Waals surface area contributed by atoms with Gasteiger partial charge >= 0.3 is 12.0 Å². The number of alkyl halides is 3. The Morgan fingerprint density at radius 2 is 2.18 bits per heavy atom. The first-order valence-corrected chi connectivity index (χ1v) is 4.71. The highest BCUT2D eigenvalue weighted by Crippen LogP contribution is 2.40. The Morgan fingerprint density at radius 3 is 2.82 bits per heavy atom. The summed E-state index contributed by atoms with van der Waals surface area (Å²) in [5.74, 6) is -2.01. The molecule has 0 saturated carbocycles. The number of hydrogen-bond donors (Lipinski definition) is 2. The van der Waals surface area contributed by atoms with E-state index in [2.05, 4.69) is 4.74 Å². The van der Waals surface area contributed by atoms with E-state index >= 15 is 0 Å². The lowest BCUT2D eigenvalue weighted by atomic mass is 10.1. The molecule has 4 nitrogen and oxygen atoms in total. The Bertz CT molecular complexity index is 464. The van der Waals surface area contributed by atoms with Crippen LogP contribution in [0.3, 0.4) is 0 Å². The van der Waals surface area contributed by atoms with Crippen LogP contribution in [0.5, 0.6) is 5.75 Å². The van der Waals surface area contributed by atoms with E-state index < -0.39 is 30.5 Å². The van der Waals surface area contributed by atoms with Crippen molar-refractivity contribution in [3.05, 3.63) is 23.8 Å². The molecule has 1 amide bonds. The quantitative estimate of drug-likeness (QED) is 0.834. The van der Waals surface area contributed by atoms with E-state index in [4.69, 9.17) is 0 Å². The van der Waals surface area contributed by atoms with Crippen LogP contribution in [0.2, 0.25) is 0 Å². The van der Waals surface area contributed by atoms with Crippen molar-refractivity contribution in [3.8, 4) is 5.75 Å². The molecular formula is C10H8F3NO3. The molecule has 0 aromatic heterocycles. The fourth-order valence-corrected chi connectivity index (χ4v) is 1.48. The second-order valence-electron chi connectivity index (χ2n) is 3.47. The number of aliphatic hydroxyl groups excluding tert-OH is 1. The standard InChI is InChI=1S/C10H8F3NO3/c11-4-7(15)5-2-1-3-6-8(5)17-10(12,13)9(16)14-6/h1-3,7,15H,4H2,(H,14,16). The van der Waals surface area contributed by atoms with Gasteiger partial charge in [-0.3, -0.25) is 4.79 Å². The number of fused-ring (bicyclic) bond motifs is 1. The largest absolute Gasteiger partial charge is 0.482 e. The number of aliphatic hydroxyl groups is 1. The zero-order valence-electron chi connectivity index (χ0n) is 8.41. The zero-order chi connectivity index (χ0) is 12.6.